The first-order valence-corrected chi connectivity index (χ1v) is 4.00. The number of hydrogen-bond acceptors (Lipinski definition) is 3. The molecule has 0 N–H and O–H groups in total. The molecule has 1 fully saturated rings. The van der Waals surface area contributed by atoms with Crippen molar-refractivity contribution in [3.05, 3.63) is 0 Å². The zero-order valence-corrected chi connectivity index (χ0v) is 7.42. The zero-order valence-electron chi connectivity index (χ0n) is 7.42. The third-order valence-corrected chi connectivity index (χ3v) is 1.27. The van der Waals surface area contributed by atoms with Crippen molar-refractivity contribution < 1.29 is 14.3 Å². The highest BCUT2D eigenvalue weighted by Crippen LogP contribution is 2.00. The lowest BCUT2D eigenvalue weighted by molar-refractivity contribution is -0.143. The summed E-state index contributed by atoms with van der Waals surface area (Å²) >= 11 is 0. The van der Waals surface area contributed by atoms with E-state index in [9.17, 15) is 4.79 Å². The third kappa shape index (κ3) is 4.11. The Bertz CT molecular complexity index is 106. The summed E-state index contributed by atoms with van der Waals surface area (Å²) in [6.07, 6.45) is -0.307. The van der Waals surface area contributed by atoms with Crippen LogP contribution in [0.4, 0.5) is 0 Å². The summed E-state index contributed by atoms with van der Waals surface area (Å²) < 4.78 is 10.1. The fourth-order valence-corrected chi connectivity index (χ4v) is 0.722. The summed E-state index contributed by atoms with van der Waals surface area (Å²) in [4.78, 5) is 10.6. The van der Waals surface area contributed by atoms with Crippen LogP contribution in [0.5, 0.6) is 0 Å². The van der Waals surface area contributed by atoms with Gasteiger partial charge < -0.3 is 9.47 Å². The van der Waals surface area contributed by atoms with Crippen LogP contribution < -0.4 is 0 Å². The SMILES string of the molecule is CC.CC(=O)C1COCCO1. The first-order valence-electron chi connectivity index (χ1n) is 4.00. The number of rotatable bonds is 1. The highest BCUT2D eigenvalue weighted by atomic mass is 16.6. The molecular weight excluding hydrogens is 144 g/mol. The number of ether oxygens (including phenoxy) is 2. The van der Waals surface area contributed by atoms with Gasteiger partial charge in [0, 0.05) is 0 Å². The quantitative estimate of drug-likeness (QED) is 0.574. The number of ketones is 1. The predicted octanol–water partition coefficient (Wildman–Crippen LogP) is 1.02. The van der Waals surface area contributed by atoms with Crippen LogP contribution in [0.25, 0.3) is 0 Å². The minimum atomic E-state index is -0.307. The predicted molar refractivity (Wildman–Crippen MR) is 42.6 cm³/mol. The maximum atomic E-state index is 10.6. The molecule has 0 bridgehead atoms. The molecule has 0 aromatic carbocycles. The van der Waals surface area contributed by atoms with Crippen LogP contribution >= 0.6 is 0 Å². The molecule has 11 heavy (non-hydrogen) atoms. The van der Waals surface area contributed by atoms with Gasteiger partial charge in [-0.1, -0.05) is 13.8 Å². The van der Waals surface area contributed by atoms with Crippen molar-refractivity contribution in [3.8, 4) is 0 Å². The van der Waals surface area contributed by atoms with Gasteiger partial charge in [0.1, 0.15) is 6.10 Å². The van der Waals surface area contributed by atoms with Gasteiger partial charge in [-0.2, -0.15) is 0 Å². The van der Waals surface area contributed by atoms with E-state index in [0.717, 1.165) is 0 Å². The van der Waals surface area contributed by atoms with Crippen LogP contribution in [0.1, 0.15) is 20.8 Å². The molecule has 0 aromatic heterocycles. The lowest BCUT2D eigenvalue weighted by Gasteiger charge is -2.19. The van der Waals surface area contributed by atoms with E-state index in [1.54, 1.807) is 0 Å². The molecule has 1 aliphatic rings. The minimum Gasteiger partial charge on any atom is -0.376 e. The summed E-state index contributed by atoms with van der Waals surface area (Å²) in [7, 11) is 0. The van der Waals surface area contributed by atoms with Crippen LogP contribution in [-0.4, -0.2) is 31.7 Å². The van der Waals surface area contributed by atoms with Crippen molar-refractivity contribution >= 4 is 5.78 Å². The van der Waals surface area contributed by atoms with Gasteiger partial charge in [0.25, 0.3) is 0 Å². The number of carbonyl (C=O) groups is 1. The van der Waals surface area contributed by atoms with Gasteiger partial charge in [-0.3, -0.25) is 4.79 Å². The van der Waals surface area contributed by atoms with E-state index < -0.39 is 0 Å². The van der Waals surface area contributed by atoms with E-state index in [1.807, 2.05) is 13.8 Å². The lowest BCUT2D eigenvalue weighted by Crippen LogP contribution is -2.33. The number of Topliss-reactive ketones (excluding diaryl/α,β-unsaturated/α-hetero) is 1. The average molecular weight is 160 g/mol. The van der Waals surface area contributed by atoms with Crippen molar-refractivity contribution in [1.29, 1.82) is 0 Å². The van der Waals surface area contributed by atoms with Crippen molar-refractivity contribution in [2.24, 2.45) is 0 Å². The second kappa shape index (κ2) is 6.31. The molecular formula is C8H16O3. The Hall–Kier alpha value is -0.410. The second-order valence-electron chi connectivity index (χ2n) is 2.04. The number of hydrogen-bond donors (Lipinski definition) is 0. The van der Waals surface area contributed by atoms with E-state index >= 15 is 0 Å². The fraction of sp³-hybridized carbons (Fsp3) is 0.875. The van der Waals surface area contributed by atoms with Gasteiger partial charge in [-0.25, -0.2) is 0 Å². The molecule has 1 aliphatic heterocycles. The lowest BCUT2D eigenvalue weighted by atomic mass is 10.2. The Kier molecular flexibility index (Phi) is 6.07. The summed E-state index contributed by atoms with van der Waals surface area (Å²) in [6, 6.07) is 0. The maximum absolute atomic E-state index is 10.6. The Balaban J connectivity index is 0.000000461. The van der Waals surface area contributed by atoms with Gasteiger partial charge in [0.2, 0.25) is 0 Å². The van der Waals surface area contributed by atoms with Crippen LogP contribution in [0.2, 0.25) is 0 Å². The van der Waals surface area contributed by atoms with Crippen molar-refractivity contribution in [2.45, 2.75) is 26.9 Å². The highest BCUT2D eigenvalue weighted by molar-refractivity contribution is 5.80. The molecule has 0 saturated carbocycles. The molecule has 0 spiro atoms. The van der Waals surface area contributed by atoms with E-state index in [1.165, 1.54) is 6.92 Å². The molecule has 1 heterocycles. The van der Waals surface area contributed by atoms with Crippen molar-refractivity contribution in [2.75, 3.05) is 19.8 Å². The average Bonchev–Trinajstić information content (AvgIpc) is 2.10. The zero-order chi connectivity index (χ0) is 8.69. The normalized spacial score (nSPS) is 23.4. The Morgan fingerprint density at radius 3 is 2.27 bits per heavy atom. The molecule has 0 aromatic rings. The van der Waals surface area contributed by atoms with Crippen molar-refractivity contribution in [1.82, 2.24) is 0 Å². The van der Waals surface area contributed by atoms with E-state index in [0.29, 0.717) is 19.8 Å². The standard InChI is InChI=1S/C6H10O3.C2H6/c1-5(7)6-4-8-2-3-9-6;1-2/h6H,2-4H2,1H3;1-2H3. The molecule has 1 rings (SSSR count). The van der Waals surface area contributed by atoms with E-state index in [4.69, 9.17) is 9.47 Å². The van der Waals surface area contributed by atoms with E-state index in [-0.39, 0.29) is 11.9 Å². The Labute approximate surface area is 67.7 Å². The smallest absolute Gasteiger partial charge is 0.160 e. The van der Waals surface area contributed by atoms with Gasteiger partial charge in [0.05, 0.1) is 19.8 Å². The van der Waals surface area contributed by atoms with Crippen molar-refractivity contribution in [3.63, 3.8) is 0 Å². The van der Waals surface area contributed by atoms with Crippen LogP contribution in [0.15, 0.2) is 0 Å². The topological polar surface area (TPSA) is 35.5 Å². The summed E-state index contributed by atoms with van der Waals surface area (Å²) in [5, 5.41) is 0. The molecule has 3 nitrogen and oxygen atoms in total. The van der Waals surface area contributed by atoms with Gasteiger partial charge >= 0.3 is 0 Å². The summed E-state index contributed by atoms with van der Waals surface area (Å²) in [5.41, 5.74) is 0. The Morgan fingerprint density at radius 1 is 1.36 bits per heavy atom. The maximum Gasteiger partial charge on any atom is 0.160 e. The van der Waals surface area contributed by atoms with Crippen LogP contribution in [0, 0.1) is 0 Å². The molecule has 1 atom stereocenters. The first-order chi connectivity index (χ1) is 5.30. The van der Waals surface area contributed by atoms with Crippen LogP contribution in [0.3, 0.4) is 0 Å². The van der Waals surface area contributed by atoms with Gasteiger partial charge in [-0.05, 0) is 6.92 Å². The number of carbonyl (C=O) groups excluding carboxylic acids is 1. The fourth-order valence-electron chi connectivity index (χ4n) is 0.722. The highest BCUT2D eigenvalue weighted by Gasteiger charge is 2.17. The van der Waals surface area contributed by atoms with Crippen LogP contribution in [-0.2, 0) is 14.3 Å². The Morgan fingerprint density at radius 2 is 2.00 bits per heavy atom. The molecule has 66 valence electrons. The van der Waals surface area contributed by atoms with Gasteiger partial charge in [0.15, 0.2) is 5.78 Å². The second-order valence-corrected chi connectivity index (χ2v) is 2.04. The molecule has 1 unspecified atom stereocenters. The monoisotopic (exact) mass is 160 g/mol. The molecule has 0 aliphatic carbocycles. The van der Waals surface area contributed by atoms with Gasteiger partial charge in [-0.15, -0.1) is 0 Å². The molecule has 1 saturated heterocycles. The molecule has 0 amide bonds. The summed E-state index contributed by atoms with van der Waals surface area (Å²) in [6.45, 7) is 7.10. The third-order valence-electron chi connectivity index (χ3n) is 1.27. The van der Waals surface area contributed by atoms with E-state index in [2.05, 4.69) is 0 Å². The molecule has 0 radical (unpaired) electrons. The largest absolute Gasteiger partial charge is 0.376 e. The summed E-state index contributed by atoms with van der Waals surface area (Å²) in [5.74, 6) is 0.0506. The molecule has 3 heteroatoms. The first kappa shape index (κ1) is 10.6. The minimum absolute atomic E-state index is 0.0506.